The van der Waals surface area contributed by atoms with E-state index in [2.05, 4.69) is 0 Å². The van der Waals surface area contributed by atoms with E-state index in [1.807, 2.05) is 24.3 Å². The highest BCUT2D eigenvalue weighted by molar-refractivity contribution is 6.02. The van der Waals surface area contributed by atoms with Crippen LogP contribution in [0.4, 0.5) is 0 Å². The van der Waals surface area contributed by atoms with Gasteiger partial charge in [0.25, 0.3) is 0 Å². The van der Waals surface area contributed by atoms with E-state index in [0.29, 0.717) is 24.7 Å². The maximum atomic E-state index is 14.1. The molecule has 0 aliphatic heterocycles. The van der Waals surface area contributed by atoms with Crippen LogP contribution in [0.15, 0.2) is 24.3 Å². The summed E-state index contributed by atoms with van der Waals surface area (Å²) >= 11 is 0. The molecule has 3 rings (SSSR count). The number of ketones is 1. The van der Waals surface area contributed by atoms with E-state index in [9.17, 15) is 14.4 Å². The van der Waals surface area contributed by atoms with Crippen LogP contribution in [0.3, 0.4) is 0 Å². The molecule has 0 heterocycles. The van der Waals surface area contributed by atoms with Gasteiger partial charge in [0.15, 0.2) is 0 Å². The summed E-state index contributed by atoms with van der Waals surface area (Å²) in [7, 11) is 2.95. The number of methoxy groups -OCH3 is 2. The second-order valence-electron chi connectivity index (χ2n) is 10.8. The van der Waals surface area contributed by atoms with E-state index < -0.39 is 17.9 Å². The summed E-state index contributed by atoms with van der Waals surface area (Å²) in [5, 5.41) is 0. The van der Waals surface area contributed by atoms with Crippen LogP contribution in [0.1, 0.15) is 96.0 Å². The number of ether oxygens (including phenoxy) is 2. The minimum absolute atomic E-state index is 0.0490. The Labute approximate surface area is 217 Å². The van der Waals surface area contributed by atoms with Gasteiger partial charge < -0.3 is 14.4 Å². The predicted molar refractivity (Wildman–Crippen MR) is 141 cm³/mol. The molecular formula is C30H45NO5. The third-order valence-electron chi connectivity index (χ3n) is 8.31. The number of rotatable bonds is 12. The number of benzene rings is 1. The maximum absolute atomic E-state index is 14.1. The summed E-state index contributed by atoms with van der Waals surface area (Å²) < 4.78 is 10.3. The lowest BCUT2D eigenvalue weighted by atomic mass is 9.79. The molecule has 2 aliphatic carbocycles. The van der Waals surface area contributed by atoms with Gasteiger partial charge in [-0.3, -0.25) is 9.59 Å². The summed E-state index contributed by atoms with van der Waals surface area (Å²) in [6.07, 6.45) is 13.8. The molecule has 0 bridgehead atoms. The number of hydrogen-bond acceptors (Lipinski definition) is 5. The topological polar surface area (TPSA) is 72.9 Å². The molecular weight excluding hydrogens is 454 g/mol. The van der Waals surface area contributed by atoms with Crippen LogP contribution in [-0.4, -0.2) is 42.8 Å². The van der Waals surface area contributed by atoms with Gasteiger partial charge in [0.1, 0.15) is 17.6 Å². The first-order valence-electron chi connectivity index (χ1n) is 14.0. The van der Waals surface area contributed by atoms with Gasteiger partial charge >= 0.3 is 5.97 Å². The molecule has 2 aliphatic rings. The van der Waals surface area contributed by atoms with Crippen molar-refractivity contribution >= 4 is 17.7 Å². The van der Waals surface area contributed by atoms with Gasteiger partial charge in [-0.05, 0) is 49.3 Å². The van der Waals surface area contributed by atoms with Gasteiger partial charge in [-0.2, -0.15) is 0 Å². The monoisotopic (exact) mass is 499 g/mol. The number of carbonyl (C=O) groups is 3. The first kappa shape index (κ1) is 28.2. The van der Waals surface area contributed by atoms with E-state index in [0.717, 1.165) is 43.4 Å². The van der Waals surface area contributed by atoms with E-state index >= 15 is 0 Å². The highest BCUT2D eigenvalue weighted by Crippen LogP contribution is 2.33. The van der Waals surface area contributed by atoms with E-state index in [4.69, 9.17) is 9.47 Å². The number of amides is 1. The van der Waals surface area contributed by atoms with Crippen LogP contribution in [-0.2, 0) is 25.7 Å². The minimum atomic E-state index is -0.774. The Morgan fingerprint density at radius 1 is 0.889 bits per heavy atom. The molecule has 200 valence electrons. The van der Waals surface area contributed by atoms with Crippen LogP contribution in [0.25, 0.3) is 0 Å². The molecule has 2 atom stereocenters. The molecule has 0 N–H and O–H groups in total. The second-order valence-corrected chi connectivity index (χ2v) is 10.8. The fourth-order valence-corrected chi connectivity index (χ4v) is 5.95. The second kappa shape index (κ2) is 14.4. The first-order valence-corrected chi connectivity index (χ1v) is 14.0. The summed E-state index contributed by atoms with van der Waals surface area (Å²) in [5.74, 6) is 0.367. The summed E-state index contributed by atoms with van der Waals surface area (Å²) in [6.45, 7) is 1.94. The number of hydrogen-bond donors (Lipinski definition) is 0. The average molecular weight is 500 g/mol. The molecule has 1 aromatic carbocycles. The van der Waals surface area contributed by atoms with Crippen LogP contribution >= 0.6 is 0 Å². The van der Waals surface area contributed by atoms with Gasteiger partial charge in [-0.1, -0.05) is 76.3 Å². The molecule has 0 aromatic heterocycles. The summed E-state index contributed by atoms with van der Waals surface area (Å²) in [6, 6.07) is 6.70. The third-order valence-corrected chi connectivity index (χ3v) is 8.31. The molecule has 2 saturated carbocycles. The lowest BCUT2D eigenvalue weighted by Gasteiger charge is -2.33. The molecule has 1 aromatic rings. The largest absolute Gasteiger partial charge is 0.497 e. The lowest BCUT2D eigenvalue weighted by Crippen LogP contribution is -2.48. The SMILES string of the molecule is COC(=O)C(C)N(Cc1ccc(OC)cc1)C(=O)C(CC1CCCCC1)C(=O)CCC1CCCCC1. The van der Waals surface area contributed by atoms with Crippen molar-refractivity contribution in [3.63, 3.8) is 0 Å². The maximum Gasteiger partial charge on any atom is 0.328 e. The van der Waals surface area contributed by atoms with Gasteiger partial charge in [-0.15, -0.1) is 0 Å². The Kier molecular flexibility index (Phi) is 11.3. The highest BCUT2D eigenvalue weighted by atomic mass is 16.5. The quantitative estimate of drug-likeness (QED) is 0.257. The molecule has 0 spiro atoms. The highest BCUT2D eigenvalue weighted by Gasteiger charge is 2.37. The van der Waals surface area contributed by atoms with Crippen molar-refractivity contribution in [2.75, 3.05) is 14.2 Å². The van der Waals surface area contributed by atoms with Gasteiger partial charge in [0, 0.05) is 13.0 Å². The average Bonchev–Trinajstić information content (AvgIpc) is 2.93. The predicted octanol–water partition coefficient (Wildman–Crippen LogP) is 6.10. The normalized spacial score (nSPS) is 18.8. The standard InChI is InChI=1S/C30H45NO5/c1-22(30(34)36-3)31(21-25-14-17-26(35-2)18-15-25)29(33)27(20-24-12-8-5-9-13-24)28(32)19-16-23-10-6-4-7-11-23/h14-15,17-18,22-24,27H,4-13,16,19-21H2,1-3H3. The number of Topliss-reactive ketones (excluding diaryl/α,β-unsaturated/α-hetero) is 1. The van der Waals surface area contributed by atoms with Crippen molar-refractivity contribution in [2.24, 2.45) is 17.8 Å². The van der Waals surface area contributed by atoms with Crippen molar-refractivity contribution in [3.05, 3.63) is 29.8 Å². The van der Waals surface area contributed by atoms with Crippen molar-refractivity contribution < 1.29 is 23.9 Å². The van der Waals surface area contributed by atoms with Crippen LogP contribution in [0.2, 0.25) is 0 Å². The number of carbonyl (C=O) groups excluding carboxylic acids is 3. The summed E-state index contributed by atoms with van der Waals surface area (Å²) in [5.41, 5.74) is 0.881. The van der Waals surface area contributed by atoms with Gasteiger partial charge in [-0.25, -0.2) is 4.79 Å². The minimum Gasteiger partial charge on any atom is -0.497 e. The molecule has 0 radical (unpaired) electrons. The lowest BCUT2D eigenvalue weighted by molar-refractivity contribution is -0.156. The van der Waals surface area contributed by atoms with Gasteiger partial charge in [0.05, 0.1) is 20.1 Å². The molecule has 2 fully saturated rings. The van der Waals surface area contributed by atoms with Crippen molar-refractivity contribution in [2.45, 2.75) is 103 Å². The Morgan fingerprint density at radius 2 is 1.47 bits per heavy atom. The molecule has 1 amide bonds. The van der Waals surface area contributed by atoms with E-state index in [-0.39, 0.29) is 18.2 Å². The Hall–Kier alpha value is -2.37. The van der Waals surface area contributed by atoms with Crippen molar-refractivity contribution in [3.8, 4) is 5.75 Å². The molecule has 6 heteroatoms. The Morgan fingerprint density at radius 3 is 2.03 bits per heavy atom. The number of esters is 1. The molecule has 2 unspecified atom stereocenters. The Bertz CT molecular complexity index is 839. The fraction of sp³-hybridized carbons (Fsp3) is 0.700. The molecule has 36 heavy (non-hydrogen) atoms. The van der Waals surface area contributed by atoms with Gasteiger partial charge in [0.2, 0.25) is 5.91 Å². The van der Waals surface area contributed by atoms with E-state index in [1.165, 1.54) is 45.6 Å². The molecule has 0 saturated heterocycles. The fourth-order valence-electron chi connectivity index (χ4n) is 5.95. The molecule has 6 nitrogen and oxygen atoms in total. The van der Waals surface area contributed by atoms with Crippen molar-refractivity contribution in [1.82, 2.24) is 4.90 Å². The first-order chi connectivity index (χ1) is 17.4. The van der Waals surface area contributed by atoms with E-state index in [1.54, 1.807) is 18.9 Å². The zero-order valence-electron chi connectivity index (χ0n) is 22.5. The summed E-state index contributed by atoms with van der Waals surface area (Å²) in [4.78, 5) is 41.8. The zero-order chi connectivity index (χ0) is 25.9. The van der Waals surface area contributed by atoms with Crippen LogP contribution < -0.4 is 4.74 Å². The Balaban J connectivity index is 1.80. The van der Waals surface area contributed by atoms with Crippen LogP contribution in [0, 0.1) is 17.8 Å². The zero-order valence-corrected chi connectivity index (χ0v) is 22.5. The van der Waals surface area contributed by atoms with Crippen LogP contribution in [0.5, 0.6) is 5.75 Å². The smallest absolute Gasteiger partial charge is 0.328 e. The third kappa shape index (κ3) is 8.07. The van der Waals surface area contributed by atoms with Crippen molar-refractivity contribution in [1.29, 1.82) is 0 Å². The number of nitrogens with zero attached hydrogens (tertiary/aromatic N) is 1.